The Morgan fingerprint density at radius 3 is 2.47 bits per heavy atom. The number of nitrogens with two attached hydrogens (primary N) is 1. The van der Waals surface area contributed by atoms with Crippen LogP contribution in [-0.4, -0.2) is 31.0 Å². The van der Waals surface area contributed by atoms with Gasteiger partial charge in [0.15, 0.2) is 0 Å². The predicted octanol–water partition coefficient (Wildman–Crippen LogP) is 1.56. The fourth-order valence-electron chi connectivity index (χ4n) is 1.90. The largest absolute Gasteiger partial charge is 0.346 e. The second kappa shape index (κ2) is 6.78. The lowest BCUT2D eigenvalue weighted by Crippen LogP contribution is -2.34. The minimum Gasteiger partial charge on any atom is -0.346 e. The average molecular weight is 305 g/mol. The van der Waals surface area contributed by atoms with Gasteiger partial charge in [-0.2, -0.15) is 11.8 Å². The molecule has 1 aromatic heterocycles. The van der Waals surface area contributed by atoms with E-state index < -0.39 is 10.0 Å². The zero-order valence-electron chi connectivity index (χ0n) is 11.9. The van der Waals surface area contributed by atoms with E-state index in [0.29, 0.717) is 6.54 Å². The molecule has 1 rings (SSSR count). The molecule has 0 aliphatic rings. The monoisotopic (exact) mass is 305 g/mol. The molecule has 0 amide bonds. The van der Waals surface area contributed by atoms with E-state index in [1.807, 2.05) is 31.6 Å². The summed E-state index contributed by atoms with van der Waals surface area (Å²) in [6.45, 7) is 6.18. The van der Waals surface area contributed by atoms with Crippen molar-refractivity contribution in [2.24, 2.45) is 5.73 Å². The van der Waals surface area contributed by atoms with Crippen LogP contribution in [0, 0.1) is 0 Å². The smallest absolute Gasteiger partial charge is 0.242 e. The van der Waals surface area contributed by atoms with Gasteiger partial charge in [-0.25, -0.2) is 13.1 Å². The Kier molecular flexibility index (Phi) is 5.91. The van der Waals surface area contributed by atoms with Crippen LogP contribution in [0.4, 0.5) is 0 Å². The number of rotatable bonds is 7. The van der Waals surface area contributed by atoms with Crippen molar-refractivity contribution in [3.63, 3.8) is 0 Å². The molecular weight excluding hydrogens is 282 g/mol. The summed E-state index contributed by atoms with van der Waals surface area (Å²) >= 11 is 1.61. The topological polar surface area (TPSA) is 77.1 Å². The van der Waals surface area contributed by atoms with E-state index in [9.17, 15) is 8.42 Å². The summed E-state index contributed by atoms with van der Waals surface area (Å²) in [6, 6.07) is 1.74. The van der Waals surface area contributed by atoms with Crippen molar-refractivity contribution in [3.05, 3.63) is 18.0 Å². The molecule has 0 aromatic carbocycles. The maximum Gasteiger partial charge on any atom is 0.242 e. The van der Waals surface area contributed by atoms with E-state index in [1.165, 1.54) is 0 Å². The first kappa shape index (κ1) is 16.6. The van der Waals surface area contributed by atoms with Gasteiger partial charge in [-0.1, -0.05) is 0 Å². The van der Waals surface area contributed by atoms with E-state index >= 15 is 0 Å². The molecule has 3 N–H and O–H groups in total. The minimum absolute atomic E-state index is 0.0938. The van der Waals surface area contributed by atoms with Crippen LogP contribution in [0.5, 0.6) is 0 Å². The van der Waals surface area contributed by atoms with Crippen molar-refractivity contribution in [2.75, 3.05) is 12.0 Å². The first-order valence-electron chi connectivity index (χ1n) is 6.24. The third-order valence-corrected chi connectivity index (χ3v) is 5.15. The summed E-state index contributed by atoms with van der Waals surface area (Å²) in [4.78, 5) is 0.287. The molecule has 0 aliphatic carbocycles. The highest BCUT2D eigenvalue weighted by Gasteiger charge is 2.20. The zero-order chi connectivity index (χ0) is 14.6. The second-order valence-corrected chi connectivity index (χ2v) is 7.47. The van der Waals surface area contributed by atoms with Gasteiger partial charge in [-0.3, -0.25) is 0 Å². The van der Waals surface area contributed by atoms with Gasteiger partial charge in [0.05, 0.1) is 4.90 Å². The van der Waals surface area contributed by atoms with E-state index in [1.54, 1.807) is 24.0 Å². The molecule has 0 radical (unpaired) electrons. The Morgan fingerprint density at radius 2 is 2.05 bits per heavy atom. The van der Waals surface area contributed by atoms with Crippen molar-refractivity contribution >= 4 is 21.8 Å². The van der Waals surface area contributed by atoms with E-state index in [2.05, 4.69) is 4.72 Å². The van der Waals surface area contributed by atoms with Gasteiger partial charge in [-0.15, -0.1) is 0 Å². The summed E-state index contributed by atoms with van der Waals surface area (Å²) in [5.41, 5.74) is 6.48. The Hall–Kier alpha value is -0.500. The van der Waals surface area contributed by atoms with Crippen molar-refractivity contribution in [1.82, 2.24) is 9.29 Å². The molecule has 1 aromatic rings. The first-order valence-corrected chi connectivity index (χ1v) is 9.11. The molecule has 0 aliphatic heterocycles. The van der Waals surface area contributed by atoms with Gasteiger partial charge in [0, 0.05) is 36.3 Å². The summed E-state index contributed by atoms with van der Waals surface area (Å²) < 4.78 is 29.1. The molecule has 0 saturated carbocycles. The number of hydrogen-bond acceptors (Lipinski definition) is 4. The molecule has 1 heterocycles. The second-order valence-electron chi connectivity index (χ2n) is 4.85. The van der Waals surface area contributed by atoms with Crippen LogP contribution in [0.15, 0.2) is 17.2 Å². The molecular formula is C12H23N3O2S2. The summed E-state index contributed by atoms with van der Waals surface area (Å²) in [5, 5.41) is 0. The van der Waals surface area contributed by atoms with E-state index in [0.717, 1.165) is 11.4 Å². The normalized spacial score (nSPS) is 14.0. The Balaban J connectivity index is 3.02. The molecule has 19 heavy (non-hydrogen) atoms. The number of sulfonamides is 1. The molecule has 0 spiro atoms. The van der Waals surface area contributed by atoms with E-state index in [4.69, 9.17) is 5.73 Å². The lowest BCUT2D eigenvalue weighted by molar-refractivity contribution is 0.564. The van der Waals surface area contributed by atoms with Crippen molar-refractivity contribution < 1.29 is 8.42 Å². The number of nitrogens with one attached hydrogen (secondary N) is 1. The van der Waals surface area contributed by atoms with Crippen molar-refractivity contribution in [1.29, 1.82) is 0 Å². The standard InChI is InChI=1S/C12H23N3O2S2/c1-9(2)15-7-12(5-11(15)6-13)19(16,17)14-10(3)8-18-4/h5,7,9-10,14H,6,8,13H2,1-4H3. The predicted molar refractivity (Wildman–Crippen MR) is 80.9 cm³/mol. The van der Waals surface area contributed by atoms with Crippen LogP contribution in [0.1, 0.15) is 32.5 Å². The quantitative estimate of drug-likeness (QED) is 0.801. The molecule has 1 atom stereocenters. The molecule has 7 heteroatoms. The first-order chi connectivity index (χ1) is 8.81. The van der Waals surface area contributed by atoms with Gasteiger partial charge in [0.2, 0.25) is 10.0 Å². The van der Waals surface area contributed by atoms with Crippen molar-refractivity contribution in [3.8, 4) is 0 Å². The average Bonchev–Trinajstić information content (AvgIpc) is 2.73. The SMILES string of the molecule is CSCC(C)NS(=O)(=O)c1cc(CN)n(C(C)C)c1. The fraction of sp³-hybridized carbons (Fsp3) is 0.667. The summed E-state index contributed by atoms with van der Waals surface area (Å²) in [7, 11) is -3.47. The van der Waals surface area contributed by atoms with Crippen LogP contribution in [0.3, 0.4) is 0 Å². The van der Waals surface area contributed by atoms with Gasteiger partial charge in [-0.05, 0) is 33.1 Å². The highest BCUT2D eigenvalue weighted by molar-refractivity contribution is 7.98. The van der Waals surface area contributed by atoms with Gasteiger partial charge in [0.1, 0.15) is 0 Å². The number of aromatic nitrogens is 1. The van der Waals surface area contributed by atoms with Gasteiger partial charge < -0.3 is 10.3 Å². The Bertz CT molecular complexity index is 509. The maximum atomic E-state index is 12.2. The highest BCUT2D eigenvalue weighted by Crippen LogP contribution is 2.19. The van der Waals surface area contributed by atoms with Gasteiger partial charge >= 0.3 is 0 Å². The third-order valence-electron chi connectivity index (χ3n) is 2.76. The highest BCUT2D eigenvalue weighted by atomic mass is 32.2. The Labute approximate surface area is 120 Å². The van der Waals surface area contributed by atoms with Gasteiger partial charge in [0.25, 0.3) is 0 Å². The molecule has 1 unspecified atom stereocenters. The minimum atomic E-state index is -3.47. The molecule has 0 saturated heterocycles. The summed E-state index contributed by atoms with van der Waals surface area (Å²) in [6.07, 6.45) is 3.60. The van der Waals surface area contributed by atoms with Crippen LogP contribution < -0.4 is 10.5 Å². The number of hydrogen-bond donors (Lipinski definition) is 2. The zero-order valence-corrected chi connectivity index (χ0v) is 13.5. The third kappa shape index (κ3) is 4.24. The lowest BCUT2D eigenvalue weighted by atomic mass is 10.3. The maximum absolute atomic E-state index is 12.2. The molecule has 5 nitrogen and oxygen atoms in total. The van der Waals surface area contributed by atoms with E-state index in [-0.39, 0.29) is 17.0 Å². The number of thioether (sulfide) groups is 1. The summed E-state index contributed by atoms with van der Waals surface area (Å²) in [5.74, 6) is 0.744. The van der Waals surface area contributed by atoms with Crippen LogP contribution in [0.25, 0.3) is 0 Å². The number of nitrogens with zero attached hydrogens (tertiary/aromatic N) is 1. The molecule has 110 valence electrons. The van der Waals surface area contributed by atoms with Crippen LogP contribution in [0.2, 0.25) is 0 Å². The lowest BCUT2D eigenvalue weighted by Gasteiger charge is -2.12. The molecule has 0 fully saturated rings. The Morgan fingerprint density at radius 1 is 1.42 bits per heavy atom. The van der Waals surface area contributed by atoms with Crippen LogP contribution >= 0.6 is 11.8 Å². The van der Waals surface area contributed by atoms with Crippen LogP contribution in [-0.2, 0) is 16.6 Å². The van der Waals surface area contributed by atoms with Crippen molar-refractivity contribution in [2.45, 2.75) is 44.3 Å². The molecule has 0 bridgehead atoms. The fourth-order valence-corrected chi connectivity index (χ4v) is 3.89.